The van der Waals surface area contributed by atoms with Crippen LogP contribution in [-0.2, 0) is 19.4 Å². The van der Waals surface area contributed by atoms with E-state index in [4.69, 9.17) is 10.5 Å². The summed E-state index contributed by atoms with van der Waals surface area (Å²) in [4.78, 5) is 15.6. The summed E-state index contributed by atoms with van der Waals surface area (Å²) in [7, 11) is -2.26. The van der Waals surface area contributed by atoms with Crippen LogP contribution in [-0.4, -0.2) is 45.3 Å². The number of hydrogen-bond acceptors (Lipinski definition) is 7. The Hall–Kier alpha value is -1.71. The Bertz CT molecular complexity index is 755. The molecule has 1 aromatic heterocycles. The minimum Gasteiger partial charge on any atom is -0.399 e. The Morgan fingerprint density at radius 2 is 2.24 bits per heavy atom. The number of fused-ring (bicyclic) bond motifs is 1. The molecule has 3 N–H and O–H groups in total. The Morgan fingerprint density at radius 3 is 2.95 bits per heavy atom. The van der Waals surface area contributed by atoms with Gasteiger partial charge in [-0.25, -0.2) is 13.4 Å². The van der Waals surface area contributed by atoms with Crippen molar-refractivity contribution < 1.29 is 17.9 Å². The summed E-state index contributed by atoms with van der Waals surface area (Å²) >= 11 is 1.00. The number of amides is 1. The summed E-state index contributed by atoms with van der Waals surface area (Å²) < 4.78 is 29.7. The second kappa shape index (κ2) is 6.37. The number of aromatic nitrogens is 1. The van der Waals surface area contributed by atoms with Crippen molar-refractivity contribution in [2.45, 2.75) is 4.34 Å². The van der Waals surface area contributed by atoms with Crippen LogP contribution in [0.4, 0.5) is 5.69 Å². The predicted octanol–water partition coefficient (Wildman–Crippen LogP) is 0.415. The summed E-state index contributed by atoms with van der Waals surface area (Å²) in [6.45, 7) is 0.591. The number of sulfone groups is 1. The highest BCUT2D eigenvalue weighted by molar-refractivity contribution is 7.94. The van der Waals surface area contributed by atoms with Gasteiger partial charge in [0.1, 0.15) is 5.75 Å². The molecule has 0 aliphatic heterocycles. The van der Waals surface area contributed by atoms with E-state index in [-0.39, 0.29) is 10.9 Å². The molecule has 0 aliphatic carbocycles. The van der Waals surface area contributed by atoms with E-state index in [0.717, 1.165) is 11.3 Å². The van der Waals surface area contributed by atoms with Crippen molar-refractivity contribution in [3.8, 4) is 0 Å². The van der Waals surface area contributed by atoms with Crippen LogP contribution in [0, 0.1) is 0 Å². The summed E-state index contributed by atoms with van der Waals surface area (Å²) in [6, 6.07) is 4.96. The number of nitrogen functional groups attached to an aromatic ring is 1. The van der Waals surface area contributed by atoms with E-state index in [1.54, 1.807) is 18.2 Å². The smallest absolute Gasteiger partial charge is 0.235 e. The minimum absolute atomic E-state index is 0.0787. The van der Waals surface area contributed by atoms with E-state index in [1.807, 2.05) is 0 Å². The maximum absolute atomic E-state index is 12.2. The largest absolute Gasteiger partial charge is 0.399 e. The Kier molecular flexibility index (Phi) is 4.76. The number of ether oxygens (including phenoxy) is 1. The SMILES string of the molecule is COCCNC(=O)CS(=O)(=O)c1nc2ccc(N)cc2s1. The summed E-state index contributed by atoms with van der Waals surface area (Å²) in [5, 5.41) is 2.47. The number of nitrogens with zero attached hydrogens (tertiary/aromatic N) is 1. The van der Waals surface area contributed by atoms with Crippen LogP contribution >= 0.6 is 11.3 Å². The van der Waals surface area contributed by atoms with Gasteiger partial charge >= 0.3 is 0 Å². The molecule has 21 heavy (non-hydrogen) atoms. The lowest BCUT2D eigenvalue weighted by molar-refractivity contribution is -0.118. The summed E-state index contributed by atoms with van der Waals surface area (Å²) in [5.74, 6) is -1.21. The van der Waals surface area contributed by atoms with Gasteiger partial charge in [0, 0.05) is 19.3 Å². The van der Waals surface area contributed by atoms with Gasteiger partial charge in [0.2, 0.25) is 20.1 Å². The number of carbonyl (C=O) groups excluding carboxylic acids is 1. The van der Waals surface area contributed by atoms with Crippen LogP contribution in [0.15, 0.2) is 22.5 Å². The molecule has 114 valence electrons. The van der Waals surface area contributed by atoms with E-state index in [0.29, 0.717) is 22.5 Å². The number of hydrogen-bond donors (Lipinski definition) is 2. The maximum Gasteiger partial charge on any atom is 0.235 e. The lowest BCUT2D eigenvalue weighted by Gasteiger charge is -2.03. The summed E-state index contributed by atoms with van der Waals surface area (Å²) in [6.07, 6.45) is 0. The molecule has 0 radical (unpaired) electrons. The highest BCUT2D eigenvalue weighted by Gasteiger charge is 2.23. The number of nitrogens with two attached hydrogens (primary N) is 1. The lowest BCUT2D eigenvalue weighted by atomic mass is 10.3. The normalized spacial score (nSPS) is 11.7. The van der Waals surface area contributed by atoms with E-state index in [1.165, 1.54) is 7.11 Å². The fourth-order valence-corrected chi connectivity index (χ4v) is 4.14. The van der Waals surface area contributed by atoms with Crippen LogP contribution in [0.2, 0.25) is 0 Å². The molecule has 2 aromatic rings. The molecule has 0 bridgehead atoms. The van der Waals surface area contributed by atoms with Gasteiger partial charge in [0.15, 0.2) is 0 Å². The maximum atomic E-state index is 12.2. The molecule has 0 saturated carbocycles. The average molecular weight is 329 g/mol. The first-order valence-electron chi connectivity index (χ1n) is 6.07. The van der Waals surface area contributed by atoms with Crippen LogP contribution in [0.5, 0.6) is 0 Å². The third-order valence-corrected chi connectivity index (χ3v) is 5.70. The van der Waals surface area contributed by atoms with Crippen molar-refractivity contribution in [3.63, 3.8) is 0 Å². The van der Waals surface area contributed by atoms with Gasteiger partial charge in [-0.15, -0.1) is 11.3 Å². The predicted molar refractivity (Wildman–Crippen MR) is 81.0 cm³/mol. The quantitative estimate of drug-likeness (QED) is 0.587. The van der Waals surface area contributed by atoms with Crippen LogP contribution in [0.3, 0.4) is 0 Å². The number of benzene rings is 1. The van der Waals surface area contributed by atoms with Crippen molar-refractivity contribution in [2.24, 2.45) is 0 Å². The zero-order valence-electron chi connectivity index (χ0n) is 11.3. The van der Waals surface area contributed by atoms with Gasteiger partial charge in [-0.2, -0.15) is 0 Å². The topological polar surface area (TPSA) is 111 Å². The van der Waals surface area contributed by atoms with Gasteiger partial charge in [-0.3, -0.25) is 4.79 Å². The number of nitrogens with one attached hydrogen (secondary N) is 1. The third kappa shape index (κ3) is 3.90. The molecule has 1 amide bonds. The van der Waals surface area contributed by atoms with E-state index in [2.05, 4.69) is 10.3 Å². The third-order valence-electron chi connectivity index (χ3n) is 2.61. The molecule has 0 spiro atoms. The highest BCUT2D eigenvalue weighted by atomic mass is 32.2. The first-order valence-corrected chi connectivity index (χ1v) is 8.54. The Morgan fingerprint density at radius 1 is 1.48 bits per heavy atom. The van der Waals surface area contributed by atoms with Gasteiger partial charge < -0.3 is 15.8 Å². The second-order valence-electron chi connectivity index (χ2n) is 4.31. The Balaban J connectivity index is 2.15. The van der Waals surface area contributed by atoms with Crippen molar-refractivity contribution in [2.75, 3.05) is 31.7 Å². The number of carbonyl (C=O) groups is 1. The van der Waals surface area contributed by atoms with E-state index >= 15 is 0 Å². The standard InChI is InChI=1S/C12H15N3O4S2/c1-19-5-4-14-11(16)7-21(17,18)12-15-9-3-2-8(13)6-10(9)20-12/h2-3,6H,4-5,7,13H2,1H3,(H,14,16). The van der Waals surface area contributed by atoms with Crippen molar-refractivity contribution in [3.05, 3.63) is 18.2 Å². The van der Waals surface area contributed by atoms with Gasteiger partial charge in [0.05, 0.1) is 16.8 Å². The molecular formula is C12H15N3O4S2. The van der Waals surface area contributed by atoms with Gasteiger partial charge in [-0.05, 0) is 18.2 Å². The molecule has 0 aliphatic rings. The average Bonchev–Trinajstić information content (AvgIpc) is 2.82. The van der Waals surface area contributed by atoms with Crippen molar-refractivity contribution in [1.29, 1.82) is 0 Å². The minimum atomic E-state index is -3.76. The number of methoxy groups -OCH3 is 1. The van der Waals surface area contributed by atoms with Gasteiger partial charge in [-0.1, -0.05) is 0 Å². The summed E-state index contributed by atoms with van der Waals surface area (Å²) in [5.41, 5.74) is 6.73. The van der Waals surface area contributed by atoms with Gasteiger partial charge in [0.25, 0.3) is 0 Å². The van der Waals surface area contributed by atoms with Crippen LogP contribution in [0.25, 0.3) is 10.2 Å². The Labute approximate surface area is 126 Å². The number of rotatable bonds is 6. The number of thiazole rings is 1. The fraction of sp³-hybridized carbons (Fsp3) is 0.333. The first kappa shape index (κ1) is 15.7. The molecule has 0 saturated heterocycles. The molecule has 1 aromatic carbocycles. The molecule has 0 unspecified atom stereocenters. The fourth-order valence-electron chi connectivity index (χ4n) is 1.63. The monoisotopic (exact) mass is 329 g/mol. The zero-order valence-corrected chi connectivity index (χ0v) is 13.0. The molecule has 0 atom stereocenters. The molecule has 9 heteroatoms. The van der Waals surface area contributed by atoms with E-state index < -0.39 is 21.5 Å². The van der Waals surface area contributed by atoms with Crippen molar-refractivity contribution >= 4 is 43.0 Å². The van der Waals surface area contributed by atoms with Crippen LogP contribution < -0.4 is 11.1 Å². The van der Waals surface area contributed by atoms with Crippen molar-refractivity contribution in [1.82, 2.24) is 10.3 Å². The molecular weight excluding hydrogens is 314 g/mol. The number of anilines is 1. The lowest BCUT2D eigenvalue weighted by Crippen LogP contribution is -2.32. The molecule has 7 nitrogen and oxygen atoms in total. The van der Waals surface area contributed by atoms with Crippen LogP contribution in [0.1, 0.15) is 0 Å². The molecule has 1 heterocycles. The second-order valence-corrected chi connectivity index (χ2v) is 7.50. The molecule has 2 rings (SSSR count). The first-order chi connectivity index (χ1) is 9.92. The molecule has 0 fully saturated rings. The zero-order chi connectivity index (χ0) is 15.5. The van der Waals surface area contributed by atoms with E-state index in [9.17, 15) is 13.2 Å². The highest BCUT2D eigenvalue weighted by Crippen LogP contribution is 2.27.